The summed E-state index contributed by atoms with van der Waals surface area (Å²) in [6.07, 6.45) is 0. The minimum Gasteiger partial charge on any atom is -0.346 e. The van der Waals surface area contributed by atoms with E-state index in [9.17, 15) is 4.79 Å². The van der Waals surface area contributed by atoms with Crippen LogP contribution in [0.4, 0.5) is 0 Å². The highest BCUT2D eigenvalue weighted by Gasteiger charge is 2.14. The molecule has 0 aromatic rings. The zero-order valence-corrected chi connectivity index (χ0v) is 7.85. The first kappa shape index (κ1) is 10.4. The predicted molar refractivity (Wildman–Crippen MR) is 46.4 cm³/mol. The van der Waals surface area contributed by atoms with Crippen LogP contribution in [0.1, 0.15) is 13.8 Å². The third-order valence-corrected chi connectivity index (χ3v) is 1.78. The lowest BCUT2D eigenvalue weighted by Crippen LogP contribution is -2.35. The number of nitrogens with one attached hydrogen (secondary N) is 1. The van der Waals surface area contributed by atoms with Crippen LogP contribution in [0.3, 0.4) is 0 Å². The summed E-state index contributed by atoms with van der Waals surface area (Å²) < 4.78 is 0. The molecule has 1 amide bonds. The topological polar surface area (TPSA) is 32.3 Å². The van der Waals surface area contributed by atoms with Crippen molar-refractivity contribution in [3.63, 3.8) is 0 Å². The van der Waals surface area contributed by atoms with Crippen molar-refractivity contribution in [3.05, 3.63) is 0 Å². The van der Waals surface area contributed by atoms with Gasteiger partial charge in [-0.3, -0.25) is 4.79 Å². The van der Waals surface area contributed by atoms with Gasteiger partial charge in [-0.2, -0.15) is 0 Å². The van der Waals surface area contributed by atoms with Gasteiger partial charge in [-0.1, -0.05) is 6.92 Å². The van der Waals surface area contributed by atoms with Crippen LogP contribution in [0, 0.1) is 5.92 Å². The van der Waals surface area contributed by atoms with E-state index in [-0.39, 0.29) is 11.8 Å². The number of carbonyl (C=O) groups is 1. The van der Waals surface area contributed by atoms with Crippen molar-refractivity contribution in [2.45, 2.75) is 13.8 Å². The predicted octanol–water partition coefficient (Wildman–Crippen LogP) is 0.320. The van der Waals surface area contributed by atoms with Crippen LogP contribution in [0.25, 0.3) is 0 Å². The molecule has 3 heteroatoms. The van der Waals surface area contributed by atoms with E-state index >= 15 is 0 Å². The molecule has 0 heterocycles. The molecule has 0 spiro atoms. The number of hydrogen-bond donors (Lipinski definition) is 1. The second-order valence-corrected chi connectivity index (χ2v) is 2.81. The standard InChI is InChI=1S/C8H18N2O/c1-5-10(4)8(11)7(2)6-9-3/h7,9H,5-6H2,1-4H3. The van der Waals surface area contributed by atoms with E-state index < -0.39 is 0 Å². The zero-order valence-electron chi connectivity index (χ0n) is 7.85. The summed E-state index contributed by atoms with van der Waals surface area (Å²) in [5.74, 6) is 0.298. The first-order valence-corrected chi connectivity index (χ1v) is 4.03. The third kappa shape index (κ3) is 3.37. The van der Waals surface area contributed by atoms with Crippen molar-refractivity contribution in [2.75, 3.05) is 27.2 Å². The van der Waals surface area contributed by atoms with E-state index in [1.54, 1.807) is 4.90 Å². The highest BCUT2D eigenvalue weighted by Crippen LogP contribution is 1.98. The average molecular weight is 158 g/mol. The van der Waals surface area contributed by atoms with E-state index in [1.165, 1.54) is 0 Å². The quantitative estimate of drug-likeness (QED) is 0.639. The Hall–Kier alpha value is -0.570. The Morgan fingerprint density at radius 1 is 1.64 bits per heavy atom. The van der Waals surface area contributed by atoms with Crippen molar-refractivity contribution in [3.8, 4) is 0 Å². The molecule has 1 unspecified atom stereocenters. The Morgan fingerprint density at radius 3 is 2.55 bits per heavy atom. The van der Waals surface area contributed by atoms with Crippen LogP contribution in [-0.2, 0) is 4.79 Å². The molecule has 0 aliphatic heterocycles. The Bertz CT molecular complexity index is 125. The van der Waals surface area contributed by atoms with Crippen LogP contribution < -0.4 is 5.32 Å². The molecule has 0 saturated heterocycles. The van der Waals surface area contributed by atoms with Crippen molar-refractivity contribution in [1.82, 2.24) is 10.2 Å². The number of hydrogen-bond acceptors (Lipinski definition) is 2. The van der Waals surface area contributed by atoms with E-state index in [0.29, 0.717) is 0 Å². The van der Waals surface area contributed by atoms with Gasteiger partial charge < -0.3 is 10.2 Å². The lowest BCUT2D eigenvalue weighted by atomic mass is 10.1. The second kappa shape index (κ2) is 5.13. The fraction of sp³-hybridized carbons (Fsp3) is 0.875. The Kier molecular flexibility index (Phi) is 4.86. The number of nitrogens with zero attached hydrogens (tertiary/aromatic N) is 1. The van der Waals surface area contributed by atoms with Gasteiger partial charge in [-0.15, -0.1) is 0 Å². The van der Waals surface area contributed by atoms with E-state index in [0.717, 1.165) is 13.1 Å². The summed E-state index contributed by atoms with van der Waals surface area (Å²) in [4.78, 5) is 13.1. The maximum Gasteiger partial charge on any atom is 0.226 e. The van der Waals surface area contributed by atoms with Gasteiger partial charge in [0.2, 0.25) is 5.91 Å². The number of amides is 1. The second-order valence-electron chi connectivity index (χ2n) is 2.81. The Balaban J connectivity index is 3.81. The molecular weight excluding hydrogens is 140 g/mol. The van der Waals surface area contributed by atoms with E-state index in [1.807, 2.05) is 27.9 Å². The first-order valence-electron chi connectivity index (χ1n) is 4.03. The minimum atomic E-state index is 0.0879. The van der Waals surface area contributed by atoms with Crippen LogP contribution in [0.15, 0.2) is 0 Å². The summed E-state index contributed by atoms with van der Waals surface area (Å²) in [7, 11) is 3.68. The van der Waals surface area contributed by atoms with Crippen LogP contribution in [-0.4, -0.2) is 38.0 Å². The highest BCUT2D eigenvalue weighted by molar-refractivity contribution is 5.78. The van der Waals surface area contributed by atoms with E-state index in [4.69, 9.17) is 0 Å². The monoisotopic (exact) mass is 158 g/mol. The number of carbonyl (C=O) groups excluding carboxylic acids is 1. The van der Waals surface area contributed by atoms with Gasteiger partial charge in [0.25, 0.3) is 0 Å². The van der Waals surface area contributed by atoms with Gasteiger partial charge >= 0.3 is 0 Å². The van der Waals surface area contributed by atoms with Crippen molar-refractivity contribution < 1.29 is 4.79 Å². The molecule has 66 valence electrons. The minimum absolute atomic E-state index is 0.0879. The maximum absolute atomic E-state index is 11.3. The van der Waals surface area contributed by atoms with Gasteiger partial charge in [0.05, 0.1) is 0 Å². The SMILES string of the molecule is CCN(C)C(=O)C(C)CNC. The first-order chi connectivity index (χ1) is 5.13. The third-order valence-electron chi connectivity index (χ3n) is 1.78. The molecule has 1 N–H and O–H groups in total. The summed E-state index contributed by atoms with van der Waals surface area (Å²) >= 11 is 0. The lowest BCUT2D eigenvalue weighted by Gasteiger charge is -2.19. The molecule has 0 bridgehead atoms. The smallest absolute Gasteiger partial charge is 0.226 e. The van der Waals surface area contributed by atoms with Crippen LogP contribution >= 0.6 is 0 Å². The van der Waals surface area contributed by atoms with Crippen LogP contribution in [0.5, 0.6) is 0 Å². The van der Waals surface area contributed by atoms with Crippen LogP contribution in [0.2, 0.25) is 0 Å². The largest absolute Gasteiger partial charge is 0.346 e. The molecule has 11 heavy (non-hydrogen) atoms. The van der Waals surface area contributed by atoms with Gasteiger partial charge in [0.1, 0.15) is 0 Å². The van der Waals surface area contributed by atoms with Gasteiger partial charge in [-0.05, 0) is 14.0 Å². The van der Waals surface area contributed by atoms with E-state index in [2.05, 4.69) is 5.32 Å². The zero-order chi connectivity index (χ0) is 8.85. The summed E-state index contributed by atoms with van der Waals surface area (Å²) in [5, 5.41) is 2.98. The Labute approximate surface area is 68.8 Å². The molecule has 3 nitrogen and oxygen atoms in total. The normalized spacial score (nSPS) is 12.7. The summed E-state index contributed by atoms with van der Waals surface area (Å²) in [6, 6.07) is 0. The highest BCUT2D eigenvalue weighted by atomic mass is 16.2. The molecule has 0 rings (SSSR count). The van der Waals surface area contributed by atoms with Crippen molar-refractivity contribution in [2.24, 2.45) is 5.92 Å². The summed E-state index contributed by atoms with van der Waals surface area (Å²) in [6.45, 7) is 5.45. The van der Waals surface area contributed by atoms with Crippen molar-refractivity contribution >= 4 is 5.91 Å². The lowest BCUT2D eigenvalue weighted by molar-refractivity contribution is -0.133. The molecule has 1 atom stereocenters. The number of rotatable bonds is 4. The summed E-state index contributed by atoms with van der Waals surface area (Å²) in [5.41, 5.74) is 0. The Morgan fingerprint density at radius 2 is 2.18 bits per heavy atom. The van der Waals surface area contributed by atoms with Gasteiger partial charge in [-0.25, -0.2) is 0 Å². The molecule has 0 fully saturated rings. The molecule has 0 aliphatic carbocycles. The fourth-order valence-electron chi connectivity index (χ4n) is 0.926. The fourth-order valence-corrected chi connectivity index (χ4v) is 0.926. The van der Waals surface area contributed by atoms with Crippen molar-refractivity contribution in [1.29, 1.82) is 0 Å². The molecule has 0 aromatic heterocycles. The molecule has 0 aliphatic rings. The molecule has 0 radical (unpaired) electrons. The molecular formula is C8H18N2O. The van der Waals surface area contributed by atoms with Gasteiger partial charge in [0.15, 0.2) is 0 Å². The van der Waals surface area contributed by atoms with Gasteiger partial charge in [0, 0.05) is 26.1 Å². The molecule has 0 aromatic carbocycles. The molecule has 0 saturated carbocycles. The average Bonchev–Trinajstić information content (AvgIpc) is 2.02. The maximum atomic E-state index is 11.3.